The highest BCUT2D eigenvalue weighted by atomic mass is 32.1. The summed E-state index contributed by atoms with van der Waals surface area (Å²) in [6.45, 7) is 3.87. The van der Waals surface area contributed by atoms with Crippen LogP contribution in [-0.4, -0.2) is 5.78 Å². The Morgan fingerprint density at radius 3 is 2.73 bits per heavy atom. The van der Waals surface area contributed by atoms with Crippen LogP contribution in [0.4, 0.5) is 0 Å². The summed E-state index contributed by atoms with van der Waals surface area (Å²) in [6.07, 6.45) is 1.69. The molecule has 1 heterocycles. The van der Waals surface area contributed by atoms with Crippen LogP contribution in [0.15, 0.2) is 41.3 Å². The van der Waals surface area contributed by atoms with Crippen LogP contribution in [-0.2, 0) is 0 Å². The maximum absolute atomic E-state index is 11.9. The van der Waals surface area contributed by atoms with Crippen molar-refractivity contribution in [1.29, 1.82) is 0 Å². The van der Waals surface area contributed by atoms with E-state index in [9.17, 15) is 4.79 Å². The van der Waals surface area contributed by atoms with Crippen molar-refractivity contribution in [2.45, 2.75) is 13.8 Å². The summed E-state index contributed by atoms with van der Waals surface area (Å²) in [7, 11) is 0. The minimum Gasteiger partial charge on any atom is -0.289 e. The molecule has 0 saturated carbocycles. The van der Waals surface area contributed by atoms with Crippen molar-refractivity contribution in [3.05, 3.63) is 46.9 Å². The van der Waals surface area contributed by atoms with Gasteiger partial charge in [-0.15, -0.1) is 11.3 Å². The van der Waals surface area contributed by atoms with Gasteiger partial charge in [-0.25, -0.2) is 0 Å². The molecule has 0 N–H and O–H groups in total. The molecule has 0 aliphatic carbocycles. The number of carbonyl (C=O) groups excluding carboxylic acids is 1. The van der Waals surface area contributed by atoms with E-state index in [0.717, 1.165) is 16.5 Å². The third-order valence-electron chi connectivity index (χ3n) is 2.17. The van der Waals surface area contributed by atoms with E-state index in [-0.39, 0.29) is 5.78 Å². The summed E-state index contributed by atoms with van der Waals surface area (Å²) < 4.78 is 1.17. The third kappa shape index (κ3) is 2.00. The van der Waals surface area contributed by atoms with Gasteiger partial charge in [0, 0.05) is 21.0 Å². The molecule has 0 saturated heterocycles. The van der Waals surface area contributed by atoms with Gasteiger partial charge in [-0.1, -0.05) is 23.8 Å². The van der Waals surface area contributed by atoms with E-state index in [1.807, 2.05) is 43.5 Å². The van der Waals surface area contributed by atoms with Crippen molar-refractivity contribution in [2.75, 3.05) is 0 Å². The minimum absolute atomic E-state index is 0.104. The Labute approximate surface area is 93.1 Å². The second kappa shape index (κ2) is 3.99. The van der Waals surface area contributed by atoms with Crippen LogP contribution in [0.5, 0.6) is 0 Å². The predicted octanol–water partition coefficient (Wildman–Crippen LogP) is 4.05. The lowest BCUT2D eigenvalue weighted by Gasteiger charge is -1.94. The quantitative estimate of drug-likeness (QED) is 0.546. The van der Waals surface area contributed by atoms with Gasteiger partial charge in [0.05, 0.1) is 0 Å². The molecule has 15 heavy (non-hydrogen) atoms. The van der Waals surface area contributed by atoms with Gasteiger partial charge >= 0.3 is 0 Å². The van der Waals surface area contributed by atoms with Gasteiger partial charge in [0.25, 0.3) is 0 Å². The average Bonchev–Trinajstić information content (AvgIpc) is 2.59. The van der Waals surface area contributed by atoms with Crippen LogP contribution in [0, 0.1) is 0 Å². The van der Waals surface area contributed by atoms with Gasteiger partial charge in [-0.3, -0.25) is 4.79 Å². The molecule has 2 rings (SSSR count). The first-order chi connectivity index (χ1) is 7.18. The molecule has 0 aliphatic heterocycles. The molecule has 1 nitrogen and oxygen atoms in total. The summed E-state index contributed by atoms with van der Waals surface area (Å²) in [5, 5.41) is 3.00. The molecule has 2 heteroatoms. The Bertz CT molecular complexity index is 530. The minimum atomic E-state index is 0.104. The molecule has 0 atom stereocenters. The Morgan fingerprint density at radius 1 is 1.27 bits per heavy atom. The van der Waals surface area contributed by atoms with E-state index >= 15 is 0 Å². The van der Waals surface area contributed by atoms with Crippen LogP contribution in [0.3, 0.4) is 0 Å². The van der Waals surface area contributed by atoms with Crippen LogP contribution in [0.1, 0.15) is 24.2 Å². The summed E-state index contributed by atoms with van der Waals surface area (Å²) in [5.74, 6) is 0.104. The highest BCUT2D eigenvalue weighted by Crippen LogP contribution is 2.26. The zero-order valence-corrected chi connectivity index (χ0v) is 9.60. The molecular formula is C13H12OS. The van der Waals surface area contributed by atoms with Gasteiger partial charge in [-0.2, -0.15) is 0 Å². The first-order valence-corrected chi connectivity index (χ1v) is 5.72. The number of allylic oxidation sites excluding steroid dienone is 2. The molecule has 0 fully saturated rings. The fourth-order valence-corrected chi connectivity index (χ4v) is 2.46. The van der Waals surface area contributed by atoms with Crippen molar-refractivity contribution in [3.63, 3.8) is 0 Å². The Morgan fingerprint density at radius 2 is 2.00 bits per heavy atom. The van der Waals surface area contributed by atoms with Crippen LogP contribution >= 0.6 is 11.3 Å². The van der Waals surface area contributed by atoms with Gasteiger partial charge in [0.15, 0.2) is 5.78 Å². The Kier molecular flexibility index (Phi) is 2.69. The number of ketones is 1. The van der Waals surface area contributed by atoms with Crippen molar-refractivity contribution in [1.82, 2.24) is 0 Å². The predicted molar refractivity (Wildman–Crippen MR) is 65.6 cm³/mol. The van der Waals surface area contributed by atoms with Gasteiger partial charge in [0.1, 0.15) is 0 Å². The van der Waals surface area contributed by atoms with E-state index in [1.54, 1.807) is 17.4 Å². The summed E-state index contributed by atoms with van der Waals surface area (Å²) >= 11 is 1.62. The molecule has 0 amide bonds. The lowest BCUT2D eigenvalue weighted by Crippen LogP contribution is -1.92. The topological polar surface area (TPSA) is 17.1 Å². The van der Waals surface area contributed by atoms with Crippen LogP contribution in [0.25, 0.3) is 10.1 Å². The highest BCUT2D eigenvalue weighted by Gasteiger charge is 2.08. The molecule has 0 radical (unpaired) electrons. The number of benzene rings is 1. The highest BCUT2D eigenvalue weighted by molar-refractivity contribution is 7.17. The lowest BCUT2D eigenvalue weighted by atomic mass is 10.1. The van der Waals surface area contributed by atoms with Crippen LogP contribution in [0.2, 0.25) is 0 Å². The standard InChI is InChI=1S/C13H12OS/c1-9(2)7-12(14)11-8-15-13-6-4-3-5-10(11)13/h3-8H,1-2H3. The SMILES string of the molecule is CC(C)=CC(=O)c1csc2ccccc12. The van der Waals surface area contributed by atoms with Crippen LogP contribution < -0.4 is 0 Å². The second-order valence-electron chi connectivity index (χ2n) is 3.73. The zero-order valence-electron chi connectivity index (χ0n) is 8.78. The number of hydrogen-bond acceptors (Lipinski definition) is 2. The summed E-state index contributed by atoms with van der Waals surface area (Å²) in [4.78, 5) is 11.9. The fourth-order valence-electron chi connectivity index (χ4n) is 1.51. The van der Waals surface area contributed by atoms with Crippen molar-refractivity contribution >= 4 is 27.2 Å². The van der Waals surface area contributed by atoms with Gasteiger partial charge in [-0.05, 0) is 26.0 Å². The molecule has 1 aromatic carbocycles. The monoisotopic (exact) mass is 216 g/mol. The number of hydrogen-bond donors (Lipinski definition) is 0. The van der Waals surface area contributed by atoms with E-state index in [4.69, 9.17) is 0 Å². The summed E-state index contributed by atoms with van der Waals surface area (Å²) in [6, 6.07) is 8.00. The van der Waals surface area contributed by atoms with Gasteiger partial charge in [0.2, 0.25) is 0 Å². The Balaban J connectivity index is 2.53. The normalized spacial score (nSPS) is 10.3. The van der Waals surface area contributed by atoms with E-state index in [1.165, 1.54) is 4.70 Å². The fraction of sp³-hybridized carbons (Fsp3) is 0.154. The molecule has 0 spiro atoms. The molecule has 76 valence electrons. The number of carbonyl (C=O) groups is 1. The lowest BCUT2D eigenvalue weighted by molar-refractivity contribution is 0.104. The molecule has 0 aliphatic rings. The molecule has 0 bridgehead atoms. The first kappa shape index (κ1) is 10.1. The molecule has 0 unspecified atom stereocenters. The first-order valence-electron chi connectivity index (χ1n) is 4.84. The average molecular weight is 216 g/mol. The number of thiophene rings is 1. The maximum Gasteiger partial charge on any atom is 0.187 e. The Hall–Kier alpha value is -1.41. The van der Waals surface area contributed by atoms with Crippen molar-refractivity contribution in [2.24, 2.45) is 0 Å². The zero-order chi connectivity index (χ0) is 10.8. The maximum atomic E-state index is 11.9. The third-order valence-corrected chi connectivity index (χ3v) is 3.13. The number of rotatable bonds is 2. The second-order valence-corrected chi connectivity index (χ2v) is 4.64. The van der Waals surface area contributed by atoms with Gasteiger partial charge < -0.3 is 0 Å². The van der Waals surface area contributed by atoms with Crippen molar-refractivity contribution < 1.29 is 4.79 Å². The summed E-state index contributed by atoms with van der Waals surface area (Å²) in [5.41, 5.74) is 1.85. The number of fused-ring (bicyclic) bond motifs is 1. The molecular weight excluding hydrogens is 204 g/mol. The van der Waals surface area contributed by atoms with E-state index in [0.29, 0.717) is 0 Å². The van der Waals surface area contributed by atoms with Crippen molar-refractivity contribution in [3.8, 4) is 0 Å². The molecule has 2 aromatic rings. The van der Waals surface area contributed by atoms with E-state index < -0.39 is 0 Å². The molecule has 1 aromatic heterocycles. The smallest absolute Gasteiger partial charge is 0.187 e. The largest absolute Gasteiger partial charge is 0.289 e. The van der Waals surface area contributed by atoms with E-state index in [2.05, 4.69) is 0 Å².